The molecule has 0 saturated carbocycles. The zero-order chi connectivity index (χ0) is 21.5. The van der Waals surface area contributed by atoms with Gasteiger partial charge >= 0.3 is 0 Å². The van der Waals surface area contributed by atoms with Crippen molar-refractivity contribution in [2.45, 2.75) is 19.4 Å². The summed E-state index contributed by atoms with van der Waals surface area (Å²) in [4.78, 5) is 26.6. The molecule has 1 aliphatic rings. The van der Waals surface area contributed by atoms with Crippen molar-refractivity contribution in [3.05, 3.63) is 65.7 Å². The molecule has 0 aliphatic carbocycles. The van der Waals surface area contributed by atoms with E-state index in [1.54, 1.807) is 14.2 Å². The van der Waals surface area contributed by atoms with Crippen LogP contribution in [0.4, 0.5) is 0 Å². The highest BCUT2D eigenvalue weighted by Crippen LogP contribution is 2.33. The molecule has 0 fully saturated rings. The molecule has 3 rings (SSSR count). The van der Waals surface area contributed by atoms with Crippen LogP contribution >= 0.6 is 0 Å². The van der Waals surface area contributed by atoms with Crippen molar-refractivity contribution < 1.29 is 19.1 Å². The SMILES string of the molecule is COCCN(CC(=O)N1N=C(c2ccc(OC)cc2)CC1c1ccccc1)C(C)=O. The lowest BCUT2D eigenvalue weighted by atomic mass is 9.98. The van der Waals surface area contributed by atoms with Crippen LogP contribution in [0.3, 0.4) is 0 Å². The fraction of sp³-hybridized carbons (Fsp3) is 0.348. The molecule has 0 radical (unpaired) electrons. The predicted octanol–water partition coefficient (Wildman–Crippen LogP) is 2.87. The maximum Gasteiger partial charge on any atom is 0.262 e. The largest absolute Gasteiger partial charge is 0.497 e. The maximum atomic E-state index is 13.1. The molecule has 158 valence electrons. The first kappa shape index (κ1) is 21.5. The van der Waals surface area contributed by atoms with Crippen LogP contribution in [0.5, 0.6) is 5.75 Å². The van der Waals surface area contributed by atoms with Gasteiger partial charge in [0, 0.05) is 27.0 Å². The summed E-state index contributed by atoms with van der Waals surface area (Å²) in [5, 5.41) is 6.17. The van der Waals surface area contributed by atoms with Gasteiger partial charge in [-0.3, -0.25) is 9.59 Å². The fourth-order valence-electron chi connectivity index (χ4n) is 3.42. The average Bonchev–Trinajstić information content (AvgIpc) is 3.22. The van der Waals surface area contributed by atoms with Gasteiger partial charge in [-0.1, -0.05) is 30.3 Å². The number of rotatable bonds is 8. The third-order valence-corrected chi connectivity index (χ3v) is 5.11. The number of nitrogens with zero attached hydrogens (tertiary/aromatic N) is 3. The van der Waals surface area contributed by atoms with Crippen LogP contribution < -0.4 is 4.74 Å². The summed E-state index contributed by atoms with van der Waals surface area (Å²) in [5.41, 5.74) is 2.77. The van der Waals surface area contributed by atoms with Crippen molar-refractivity contribution in [1.29, 1.82) is 0 Å². The van der Waals surface area contributed by atoms with E-state index in [0.717, 1.165) is 22.6 Å². The highest BCUT2D eigenvalue weighted by atomic mass is 16.5. The van der Waals surface area contributed by atoms with E-state index in [4.69, 9.17) is 9.47 Å². The molecule has 7 heteroatoms. The summed E-state index contributed by atoms with van der Waals surface area (Å²) in [6.07, 6.45) is 0.597. The molecule has 1 atom stereocenters. The van der Waals surface area contributed by atoms with Gasteiger partial charge in [0.05, 0.1) is 25.5 Å². The van der Waals surface area contributed by atoms with Gasteiger partial charge < -0.3 is 14.4 Å². The van der Waals surface area contributed by atoms with E-state index in [0.29, 0.717) is 19.6 Å². The quantitative estimate of drug-likeness (QED) is 0.672. The number of hydrogen-bond acceptors (Lipinski definition) is 5. The molecule has 0 aromatic heterocycles. The third-order valence-electron chi connectivity index (χ3n) is 5.11. The number of carbonyl (C=O) groups excluding carboxylic acids is 2. The Morgan fingerprint density at radius 1 is 1.10 bits per heavy atom. The van der Waals surface area contributed by atoms with Gasteiger partial charge in [-0.25, -0.2) is 5.01 Å². The first-order chi connectivity index (χ1) is 14.5. The van der Waals surface area contributed by atoms with Gasteiger partial charge in [-0.2, -0.15) is 5.10 Å². The number of benzene rings is 2. The van der Waals surface area contributed by atoms with Crippen LogP contribution in [0.15, 0.2) is 59.7 Å². The molecule has 0 N–H and O–H groups in total. The van der Waals surface area contributed by atoms with E-state index in [-0.39, 0.29) is 24.4 Å². The highest BCUT2D eigenvalue weighted by Gasteiger charge is 2.33. The molecule has 0 saturated heterocycles. The Morgan fingerprint density at radius 3 is 2.40 bits per heavy atom. The molecule has 0 bridgehead atoms. The number of methoxy groups -OCH3 is 2. The second kappa shape index (κ2) is 10.0. The predicted molar refractivity (Wildman–Crippen MR) is 114 cm³/mol. The number of ether oxygens (including phenoxy) is 2. The first-order valence-corrected chi connectivity index (χ1v) is 9.87. The van der Waals surface area contributed by atoms with Crippen LogP contribution in [0, 0.1) is 0 Å². The summed E-state index contributed by atoms with van der Waals surface area (Å²) < 4.78 is 10.3. The lowest BCUT2D eigenvalue weighted by molar-refractivity contribution is -0.141. The average molecular weight is 409 g/mol. The van der Waals surface area contributed by atoms with Crippen LogP contribution in [0.2, 0.25) is 0 Å². The van der Waals surface area contributed by atoms with E-state index in [9.17, 15) is 9.59 Å². The lowest BCUT2D eigenvalue weighted by Gasteiger charge is -2.26. The summed E-state index contributed by atoms with van der Waals surface area (Å²) in [7, 11) is 3.19. The molecule has 7 nitrogen and oxygen atoms in total. The van der Waals surface area contributed by atoms with Crippen LogP contribution in [-0.4, -0.2) is 61.4 Å². The summed E-state index contributed by atoms with van der Waals surface area (Å²) in [6.45, 7) is 2.14. The molecule has 0 spiro atoms. The van der Waals surface area contributed by atoms with Gasteiger partial charge in [0.25, 0.3) is 5.91 Å². The summed E-state index contributed by atoms with van der Waals surface area (Å²) in [6, 6.07) is 17.2. The zero-order valence-corrected chi connectivity index (χ0v) is 17.6. The minimum Gasteiger partial charge on any atom is -0.497 e. The highest BCUT2D eigenvalue weighted by molar-refractivity contribution is 6.03. The molecule has 2 aromatic rings. The molecule has 2 amide bonds. The molecular weight excluding hydrogens is 382 g/mol. The number of hydrazone groups is 1. The van der Waals surface area contributed by atoms with E-state index in [1.807, 2.05) is 54.6 Å². The van der Waals surface area contributed by atoms with Gasteiger partial charge in [0.2, 0.25) is 5.91 Å². The van der Waals surface area contributed by atoms with Crippen molar-refractivity contribution >= 4 is 17.5 Å². The maximum absolute atomic E-state index is 13.1. The topological polar surface area (TPSA) is 71.4 Å². The van der Waals surface area contributed by atoms with Gasteiger partial charge in [-0.15, -0.1) is 0 Å². The lowest BCUT2D eigenvalue weighted by Crippen LogP contribution is -2.41. The Bertz CT molecular complexity index is 896. The number of carbonyl (C=O) groups is 2. The minimum atomic E-state index is -0.223. The normalized spacial score (nSPS) is 15.6. The number of hydrogen-bond donors (Lipinski definition) is 0. The number of amides is 2. The Kier molecular flexibility index (Phi) is 7.19. The molecular formula is C23H27N3O4. The Labute approximate surface area is 176 Å². The van der Waals surface area contributed by atoms with Gasteiger partial charge in [0.1, 0.15) is 12.3 Å². The first-order valence-electron chi connectivity index (χ1n) is 9.87. The minimum absolute atomic E-state index is 0.0403. The van der Waals surface area contributed by atoms with Crippen molar-refractivity contribution in [3.8, 4) is 5.75 Å². The van der Waals surface area contributed by atoms with Crippen molar-refractivity contribution in [1.82, 2.24) is 9.91 Å². The van der Waals surface area contributed by atoms with Crippen molar-refractivity contribution in [2.24, 2.45) is 5.10 Å². The zero-order valence-electron chi connectivity index (χ0n) is 17.6. The van der Waals surface area contributed by atoms with Crippen molar-refractivity contribution in [2.75, 3.05) is 33.9 Å². The summed E-state index contributed by atoms with van der Waals surface area (Å²) >= 11 is 0. The van der Waals surface area contributed by atoms with E-state index >= 15 is 0 Å². The Hall–Kier alpha value is -3.19. The molecule has 30 heavy (non-hydrogen) atoms. The van der Waals surface area contributed by atoms with Crippen molar-refractivity contribution in [3.63, 3.8) is 0 Å². The molecule has 2 aromatic carbocycles. The molecule has 1 unspecified atom stereocenters. The molecule has 1 heterocycles. The van der Waals surface area contributed by atoms with Gasteiger partial charge in [0.15, 0.2) is 0 Å². The van der Waals surface area contributed by atoms with Crippen LogP contribution in [0.1, 0.15) is 30.5 Å². The summed E-state index contributed by atoms with van der Waals surface area (Å²) in [5.74, 6) is 0.369. The smallest absolute Gasteiger partial charge is 0.262 e. The molecule has 1 aliphatic heterocycles. The van der Waals surface area contributed by atoms with Crippen LogP contribution in [-0.2, 0) is 14.3 Å². The second-order valence-corrected chi connectivity index (χ2v) is 7.08. The second-order valence-electron chi connectivity index (χ2n) is 7.08. The third kappa shape index (κ3) is 5.04. The van der Waals surface area contributed by atoms with Crippen LogP contribution in [0.25, 0.3) is 0 Å². The standard InChI is InChI=1S/C23H27N3O4/c1-17(27)25(13-14-29-2)16-23(28)26-22(19-7-5-4-6-8-19)15-21(24-26)18-9-11-20(30-3)12-10-18/h4-12,22H,13-16H2,1-3H3. The van der Waals surface area contributed by atoms with E-state index < -0.39 is 0 Å². The van der Waals surface area contributed by atoms with Gasteiger partial charge in [-0.05, 0) is 35.4 Å². The van der Waals surface area contributed by atoms with E-state index in [1.165, 1.54) is 16.8 Å². The Morgan fingerprint density at radius 2 is 1.80 bits per heavy atom. The monoisotopic (exact) mass is 409 g/mol. The fourth-order valence-corrected chi connectivity index (χ4v) is 3.42. The Balaban J connectivity index is 1.86. The van der Waals surface area contributed by atoms with E-state index in [2.05, 4.69) is 5.10 Å².